The zero-order valence-electron chi connectivity index (χ0n) is 13.6. The summed E-state index contributed by atoms with van der Waals surface area (Å²) in [4.78, 5) is 10.9. The average molecular weight is 329 g/mol. The lowest BCUT2D eigenvalue weighted by Gasteiger charge is -2.11. The Morgan fingerprint density at radius 3 is 2.35 bits per heavy atom. The molecule has 0 aliphatic heterocycles. The molecule has 0 bridgehead atoms. The lowest BCUT2D eigenvalue weighted by atomic mass is 9.97. The van der Waals surface area contributed by atoms with Crippen molar-refractivity contribution in [1.29, 1.82) is 0 Å². The van der Waals surface area contributed by atoms with E-state index in [1.54, 1.807) is 0 Å². The van der Waals surface area contributed by atoms with Gasteiger partial charge in [0.15, 0.2) is 0 Å². The third kappa shape index (κ3) is 5.32. The number of carbonyl (C=O) groups excluding carboxylic acids is 1. The molecule has 0 aliphatic carbocycles. The predicted octanol–water partition coefficient (Wildman–Crippen LogP) is 3.29. The number of benzene rings is 2. The number of nitrogens with two attached hydrogens (primary N) is 1. The monoisotopic (exact) mass is 329 g/mol. The van der Waals surface area contributed by atoms with E-state index in [9.17, 15) is 9.00 Å². The van der Waals surface area contributed by atoms with Crippen molar-refractivity contribution in [2.45, 2.75) is 26.0 Å². The van der Waals surface area contributed by atoms with Crippen molar-refractivity contribution in [2.75, 3.05) is 5.75 Å². The highest BCUT2D eigenvalue weighted by Crippen LogP contribution is 2.25. The molecule has 122 valence electrons. The molecule has 0 aliphatic rings. The molecule has 23 heavy (non-hydrogen) atoms. The maximum atomic E-state index is 12.0. The maximum Gasteiger partial charge on any atom is 0.230 e. The molecule has 1 amide bonds. The molecule has 1 unspecified atom stereocenters. The van der Waals surface area contributed by atoms with Gasteiger partial charge in [-0.2, -0.15) is 0 Å². The van der Waals surface area contributed by atoms with Crippen molar-refractivity contribution in [1.82, 2.24) is 0 Å². The van der Waals surface area contributed by atoms with Crippen molar-refractivity contribution in [3.63, 3.8) is 0 Å². The Bertz CT molecular complexity index is 693. The second-order valence-corrected chi connectivity index (χ2v) is 7.60. The van der Waals surface area contributed by atoms with Gasteiger partial charge in [0.05, 0.1) is 0 Å². The Morgan fingerprint density at radius 1 is 1.09 bits per heavy atom. The minimum atomic E-state index is -1.27. The first-order valence-corrected chi connectivity index (χ1v) is 9.25. The SMILES string of the molecule is CC(C)Cc1ccc(-c2ccccc2CS(=O)CC(N)=O)cc1. The number of hydrogen-bond acceptors (Lipinski definition) is 2. The molecule has 2 N–H and O–H groups in total. The largest absolute Gasteiger partial charge is 0.369 e. The number of primary amides is 1. The van der Waals surface area contributed by atoms with Gasteiger partial charge in [-0.05, 0) is 34.6 Å². The molecule has 1 atom stereocenters. The quantitative estimate of drug-likeness (QED) is 0.847. The van der Waals surface area contributed by atoms with Crippen LogP contribution < -0.4 is 5.73 Å². The number of amides is 1. The topological polar surface area (TPSA) is 60.2 Å². The van der Waals surface area contributed by atoms with E-state index in [1.165, 1.54) is 5.56 Å². The molecule has 2 aromatic rings. The summed E-state index contributed by atoms with van der Waals surface area (Å²) in [6, 6.07) is 16.4. The number of hydrogen-bond donors (Lipinski definition) is 1. The van der Waals surface area contributed by atoms with Crippen LogP contribution in [0, 0.1) is 5.92 Å². The summed E-state index contributed by atoms with van der Waals surface area (Å²) < 4.78 is 12.0. The Morgan fingerprint density at radius 2 is 1.74 bits per heavy atom. The van der Waals surface area contributed by atoms with Gasteiger partial charge in [0.1, 0.15) is 5.75 Å². The first-order valence-electron chi connectivity index (χ1n) is 7.76. The molecule has 0 radical (unpaired) electrons. The van der Waals surface area contributed by atoms with Gasteiger partial charge in [0, 0.05) is 16.6 Å². The maximum absolute atomic E-state index is 12.0. The fourth-order valence-corrected chi connectivity index (χ4v) is 3.62. The van der Waals surface area contributed by atoms with Crippen molar-refractivity contribution in [2.24, 2.45) is 11.7 Å². The minimum absolute atomic E-state index is 0.0956. The molecule has 0 spiro atoms. The highest BCUT2D eigenvalue weighted by Gasteiger charge is 2.10. The first kappa shape index (κ1) is 17.4. The molecule has 0 saturated carbocycles. The molecule has 3 nitrogen and oxygen atoms in total. The van der Waals surface area contributed by atoms with Crippen molar-refractivity contribution in [3.8, 4) is 11.1 Å². The van der Waals surface area contributed by atoms with Crippen LogP contribution in [0.2, 0.25) is 0 Å². The zero-order valence-corrected chi connectivity index (χ0v) is 14.4. The Hall–Kier alpha value is -1.94. The number of rotatable bonds is 7. The Labute approximate surface area is 140 Å². The molecule has 0 aromatic heterocycles. The highest BCUT2D eigenvalue weighted by molar-refractivity contribution is 7.84. The lowest BCUT2D eigenvalue weighted by Crippen LogP contribution is -2.20. The van der Waals surface area contributed by atoms with Gasteiger partial charge in [-0.1, -0.05) is 62.4 Å². The van der Waals surface area contributed by atoms with Crippen LogP contribution >= 0.6 is 0 Å². The Kier molecular flexibility index (Phi) is 6.11. The summed E-state index contributed by atoms with van der Waals surface area (Å²) in [5.41, 5.74) is 9.57. The van der Waals surface area contributed by atoms with Gasteiger partial charge in [0.2, 0.25) is 5.91 Å². The third-order valence-electron chi connectivity index (χ3n) is 3.55. The van der Waals surface area contributed by atoms with Crippen LogP contribution in [0.3, 0.4) is 0 Å². The fraction of sp³-hybridized carbons (Fsp3) is 0.316. The molecule has 2 aromatic carbocycles. The van der Waals surface area contributed by atoms with Crippen LogP contribution in [-0.4, -0.2) is 15.9 Å². The van der Waals surface area contributed by atoms with Gasteiger partial charge < -0.3 is 5.73 Å². The second kappa shape index (κ2) is 8.06. The van der Waals surface area contributed by atoms with Crippen LogP contribution in [-0.2, 0) is 27.8 Å². The fourth-order valence-electron chi connectivity index (χ4n) is 2.60. The molecule has 0 fully saturated rings. The smallest absolute Gasteiger partial charge is 0.230 e. The summed E-state index contributed by atoms with van der Waals surface area (Å²) >= 11 is 0. The number of carbonyl (C=O) groups is 1. The van der Waals surface area contributed by atoms with E-state index in [2.05, 4.69) is 38.1 Å². The van der Waals surface area contributed by atoms with Crippen LogP contribution in [0.1, 0.15) is 25.0 Å². The van der Waals surface area contributed by atoms with Gasteiger partial charge >= 0.3 is 0 Å². The zero-order chi connectivity index (χ0) is 16.8. The van der Waals surface area contributed by atoms with Crippen molar-refractivity contribution < 1.29 is 9.00 Å². The van der Waals surface area contributed by atoms with E-state index in [4.69, 9.17) is 5.73 Å². The summed E-state index contributed by atoms with van der Waals surface area (Å²) in [7, 11) is -1.27. The van der Waals surface area contributed by atoms with Gasteiger partial charge in [0.25, 0.3) is 0 Å². The molecule has 0 saturated heterocycles. The van der Waals surface area contributed by atoms with E-state index < -0.39 is 16.7 Å². The van der Waals surface area contributed by atoms with Crippen LogP contribution in [0.25, 0.3) is 11.1 Å². The molecular weight excluding hydrogens is 306 g/mol. The summed E-state index contributed by atoms with van der Waals surface area (Å²) in [5.74, 6) is 0.345. The highest BCUT2D eigenvalue weighted by atomic mass is 32.2. The molecule has 4 heteroatoms. The summed E-state index contributed by atoms with van der Waals surface area (Å²) in [6.45, 7) is 4.41. The predicted molar refractivity (Wildman–Crippen MR) is 96.3 cm³/mol. The average Bonchev–Trinajstić information content (AvgIpc) is 2.47. The van der Waals surface area contributed by atoms with Gasteiger partial charge in [-0.15, -0.1) is 0 Å². The van der Waals surface area contributed by atoms with E-state index in [1.807, 2.05) is 24.3 Å². The van der Waals surface area contributed by atoms with Gasteiger partial charge in [-0.3, -0.25) is 9.00 Å². The third-order valence-corrected chi connectivity index (χ3v) is 4.79. The minimum Gasteiger partial charge on any atom is -0.369 e. The Balaban J connectivity index is 2.22. The summed E-state index contributed by atoms with van der Waals surface area (Å²) in [6.07, 6.45) is 1.06. The van der Waals surface area contributed by atoms with Gasteiger partial charge in [-0.25, -0.2) is 0 Å². The van der Waals surface area contributed by atoms with Crippen LogP contribution in [0.15, 0.2) is 48.5 Å². The van der Waals surface area contributed by atoms with Crippen molar-refractivity contribution >= 4 is 16.7 Å². The standard InChI is InChI=1S/C19H23NO2S/c1-14(2)11-15-7-9-16(10-8-15)18-6-4-3-5-17(18)12-23(22)13-19(20)21/h3-10,14H,11-13H2,1-2H3,(H2,20,21). The first-order chi connectivity index (χ1) is 11.0. The molecular formula is C19H23NO2S. The normalized spacial score (nSPS) is 12.3. The van der Waals surface area contributed by atoms with E-state index >= 15 is 0 Å². The van der Waals surface area contributed by atoms with E-state index in [0.29, 0.717) is 11.7 Å². The van der Waals surface area contributed by atoms with E-state index in [0.717, 1.165) is 23.1 Å². The van der Waals surface area contributed by atoms with Crippen LogP contribution in [0.4, 0.5) is 0 Å². The summed E-state index contributed by atoms with van der Waals surface area (Å²) in [5, 5.41) is 0. The lowest BCUT2D eigenvalue weighted by molar-refractivity contribution is -0.115. The molecule has 0 heterocycles. The second-order valence-electron chi connectivity index (χ2n) is 6.15. The van der Waals surface area contributed by atoms with Crippen molar-refractivity contribution in [3.05, 3.63) is 59.7 Å². The van der Waals surface area contributed by atoms with Crippen LogP contribution in [0.5, 0.6) is 0 Å². The molecule has 2 rings (SSSR count). The van der Waals surface area contributed by atoms with E-state index in [-0.39, 0.29) is 5.75 Å².